The average Bonchev–Trinajstić information content (AvgIpc) is 3.27. The molecule has 1 aromatic rings. The summed E-state index contributed by atoms with van der Waals surface area (Å²) in [5, 5.41) is 0.880. The first-order chi connectivity index (χ1) is 12.5. The van der Waals surface area contributed by atoms with Gasteiger partial charge in [-0.1, -0.05) is 35.3 Å². The summed E-state index contributed by atoms with van der Waals surface area (Å²) < 4.78 is 10.8. The molecular formula is C20H23Cl2NO4. The molecule has 27 heavy (non-hydrogen) atoms. The van der Waals surface area contributed by atoms with Crippen LogP contribution in [0.15, 0.2) is 30.5 Å². The standard InChI is InChI=1S/C20H23Cl2NO4/c1-5-26-16(24)20-11-19(20,13-6-7-14(21)15(22)10-13)8-9-23(12-20)17(25)27-18(2,3)4/h6-10H,5,11-12H2,1-4H3/t19-,20-/m0/s1. The van der Waals surface area contributed by atoms with E-state index in [1.165, 1.54) is 4.90 Å². The van der Waals surface area contributed by atoms with Crippen LogP contribution in [-0.2, 0) is 19.7 Å². The molecule has 1 aromatic carbocycles. The molecule has 0 aromatic heterocycles. The average molecular weight is 412 g/mol. The first-order valence-corrected chi connectivity index (χ1v) is 9.62. The lowest BCUT2D eigenvalue weighted by molar-refractivity contribution is -0.151. The van der Waals surface area contributed by atoms with Gasteiger partial charge in [0.1, 0.15) is 11.0 Å². The molecule has 2 aliphatic rings. The van der Waals surface area contributed by atoms with Gasteiger partial charge in [-0.05, 0) is 51.8 Å². The minimum atomic E-state index is -0.855. The number of carbonyl (C=O) groups excluding carboxylic acids is 2. The molecule has 0 N–H and O–H groups in total. The molecule has 0 bridgehead atoms. The van der Waals surface area contributed by atoms with Crippen LogP contribution >= 0.6 is 23.2 Å². The van der Waals surface area contributed by atoms with E-state index in [4.69, 9.17) is 32.7 Å². The van der Waals surface area contributed by atoms with Gasteiger partial charge in [0.05, 0.1) is 16.7 Å². The topological polar surface area (TPSA) is 55.8 Å². The van der Waals surface area contributed by atoms with Crippen molar-refractivity contribution in [3.05, 3.63) is 46.1 Å². The number of carbonyl (C=O) groups is 2. The Morgan fingerprint density at radius 3 is 2.52 bits per heavy atom. The summed E-state index contributed by atoms with van der Waals surface area (Å²) in [4.78, 5) is 26.8. The molecule has 2 atom stereocenters. The van der Waals surface area contributed by atoms with Crippen LogP contribution in [0.25, 0.3) is 0 Å². The van der Waals surface area contributed by atoms with Crippen LogP contribution in [0.5, 0.6) is 0 Å². The second-order valence-corrected chi connectivity index (χ2v) is 8.82. The molecule has 0 radical (unpaired) electrons. The lowest BCUT2D eigenvalue weighted by Crippen LogP contribution is -2.44. The summed E-state index contributed by atoms with van der Waals surface area (Å²) >= 11 is 12.2. The zero-order chi connectivity index (χ0) is 20.0. The first kappa shape index (κ1) is 20.0. The van der Waals surface area contributed by atoms with E-state index in [1.54, 1.807) is 46.0 Å². The highest BCUT2D eigenvalue weighted by Crippen LogP contribution is 2.68. The Labute approximate surface area is 169 Å². The van der Waals surface area contributed by atoms with Gasteiger partial charge in [0, 0.05) is 18.2 Å². The van der Waals surface area contributed by atoms with Gasteiger partial charge in [-0.2, -0.15) is 0 Å². The summed E-state index contributed by atoms with van der Waals surface area (Å²) in [7, 11) is 0. The zero-order valence-electron chi connectivity index (χ0n) is 15.8. The predicted octanol–water partition coefficient (Wildman–Crippen LogP) is 4.95. The summed E-state index contributed by atoms with van der Waals surface area (Å²) in [6, 6.07) is 5.36. The number of rotatable bonds is 3. The summed E-state index contributed by atoms with van der Waals surface area (Å²) in [6.07, 6.45) is 3.60. The van der Waals surface area contributed by atoms with Crippen molar-refractivity contribution < 1.29 is 19.1 Å². The number of benzene rings is 1. The summed E-state index contributed by atoms with van der Waals surface area (Å²) in [5.74, 6) is -0.325. The molecule has 1 amide bonds. The first-order valence-electron chi connectivity index (χ1n) is 8.86. The van der Waals surface area contributed by atoms with Crippen molar-refractivity contribution in [1.29, 1.82) is 0 Å². The lowest BCUT2D eigenvalue weighted by atomic mass is 9.83. The molecule has 1 saturated carbocycles. The molecule has 3 rings (SSSR count). The Hall–Kier alpha value is -1.72. The largest absolute Gasteiger partial charge is 0.465 e. The van der Waals surface area contributed by atoms with Gasteiger partial charge in [-0.3, -0.25) is 9.69 Å². The van der Waals surface area contributed by atoms with Crippen molar-refractivity contribution in [3.63, 3.8) is 0 Å². The quantitative estimate of drug-likeness (QED) is 0.660. The van der Waals surface area contributed by atoms with Crippen LogP contribution in [-0.4, -0.2) is 35.7 Å². The van der Waals surface area contributed by atoms with Crippen molar-refractivity contribution >= 4 is 35.3 Å². The van der Waals surface area contributed by atoms with Crippen molar-refractivity contribution in [2.24, 2.45) is 5.41 Å². The van der Waals surface area contributed by atoms with Gasteiger partial charge in [0.2, 0.25) is 0 Å². The van der Waals surface area contributed by atoms with Gasteiger partial charge in [-0.15, -0.1) is 0 Å². The Balaban J connectivity index is 1.97. The predicted molar refractivity (Wildman–Crippen MR) is 104 cm³/mol. The normalized spacial score (nSPS) is 26.4. The minimum absolute atomic E-state index is 0.192. The number of hydrogen-bond donors (Lipinski definition) is 0. The number of fused-ring (bicyclic) bond motifs is 1. The molecular weight excluding hydrogens is 389 g/mol. The lowest BCUT2D eigenvalue weighted by Gasteiger charge is -2.33. The molecule has 1 fully saturated rings. The summed E-state index contributed by atoms with van der Waals surface area (Å²) in [5.41, 5.74) is -1.16. The number of nitrogens with zero attached hydrogens (tertiary/aromatic N) is 1. The van der Waals surface area contributed by atoms with Gasteiger partial charge >= 0.3 is 12.1 Å². The van der Waals surface area contributed by atoms with Crippen LogP contribution in [0, 0.1) is 5.41 Å². The maximum absolute atomic E-state index is 12.9. The fraction of sp³-hybridized carbons (Fsp3) is 0.500. The molecule has 5 nitrogen and oxygen atoms in total. The van der Waals surface area contributed by atoms with E-state index >= 15 is 0 Å². The third-order valence-corrected chi connectivity index (χ3v) is 5.76. The molecule has 7 heteroatoms. The van der Waals surface area contributed by atoms with Crippen LogP contribution < -0.4 is 0 Å². The van der Waals surface area contributed by atoms with Crippen LogP contribution in [0.2, 0.25) is 10.0 Å². The Kier molecular flexibility index (Phi) is 4.98. The number of hydrogen-bond acceptors (Lipinski definition) is 4. The number of amides is 1. The summed E-state index contributed by atoms with van der Waals surface area (Å²) in [6.45, 7) is 7.64. The molecule has 1 aliphatic carbocycles. The molecule has 0 saturated heterocycles. The minimum Gasteiger partial charge on any atom is -0.465 e. The van der Waals surface area contributed by atoms with Gasteiger partial charge in [-0.25, -0.2) is 4.79 Å². The van der Waals surface area contributed by atoms with Crippen molar-refractivity contribution in [2.45, 2.75) is 45.1 Å². The highest BCUT2D eigenvalue weighted by molar-refractivity contribution is 6.42. The third kappa shape index (κ3) is 3.43. The van der Waals surface area contributed by atoms with Crippen LogP contribution in [0.4, 0.5) is 4.79 Å². The van der Waals surface area contributed by atoms with E-state index < -0.39 is 22.5 Å². The van der Waals surface area contributed by atoms with E-state index in [-0.39, 0.29) is 19.1 Å². The zero-order valence-corrected chi connectivity index (χ0v) is 17.4. The fourth-order valence-corrected chi connectivity index (χ4v) is 3.99. The molecule has 1 aliphatic heterocycles. The number of halogens is 2. The Morgan fingerprint density at radius 1 is 1.22 bits per heavy atom. The Morgan fingerprint density at radius 2 is 1.93 bits per heavy atom. The van der Waals surface area contributed by atoms with Crippen molar-refractivity contribution in [2.75, 3.05) is 13.2 Å². The van der Waals surface area contributed by atoms with E-state index in [1.807, 2.05) is 12.1 Å². The van der Waals surface area contributed by atoms with Crippen LogP contribution in [0.3, 0.4) is 0 Å². The monoisotopic (exact) mass is 411 g/mol. The van der Waals surface area contributed by atoms with E-state index in [2.05, 4.69) is 0 Å². The van der Waals surface area contributed by atoms with E-state index in [9.17, 15) is 9.59 Å². The number of ether oxygens (including phenoxy) is 2. The molecule has 1 heterocycles. The highest BCUT2D eigenvalue weighted by Gasteiger charge is 2.74. The SMILES string of the molecule is CCOC(=O)[C@]12CN(C(=O)OC(C)(C)C)C=C[C@@]1(c1ccc(Cl)c(Cl)c1)C2. The van der Waals surface area contributed by atoms with E-state index in [0.717, 1.165) is 5.56 Å². The Bertz CT molecular complexity index is 817. The molecule has 0 spiro atoms. The maximum Gasteiger partial charge on any atom is 0.414 e. The third-order valence-electron chi connectivity index (χ3n) is 5.02. The maximum atomic E-state index is 12.9. The smallest absolute Gasteiger partial charge is 0.414 e. The van der Waals surface area contributed by atoms with Crippen molar-refractivity contribution in [3.8, 4) is 0 Å². The van der Waals surface area contributed by atoms with Gasteiger partial charge < -0.3 is 9.47 Å². The number of esters is 1. The second kappa shape index (κ2) is 6.71. The van der Waals surface area contributed by atoms with Gasteiger partial charge in [0.25, 0.3) is 0 Å². The highest BCUT2D eigenvalue weighted by atomic mass is 35.5. The van der Waals surface area contributed by atoms with Crippen molar-refractivity contribution in [1.82, 2.24) is 4.90 Å². The number of allylic oxidation sites excluding steroid dienone is 1. The fourth-order valence-electron chi connectivity index (χ4n) is 3.69. The molecule has 146 valence electrons. The molecule has 0 unspecified atom stereocenters. The van der Waals surface area contributed by atoms with E-state index in [0.29, 0.717) is 16.5 Å². The van der Waals surface area contributed by atoms with Crippen LogP contribution in [0.1, 0.15) is 39.7 Å². The van der Waals surface area contributed by atoms with Gasteiger partial charge in [0.15, 0.2) is 0 Å². The second-order valence-electron chi connectivity index (χ2n) is 8.00.